The quantitative estimate of drug-likeness (QED) is 0.356. The van der Waals surface area contributed by atoms with Gasteiger partial charge in [0.25, 0.3) is 11.8 Å². The summed E-state index contributed by atoms with van der Waals surface area (Å²) < 4.78 is 7.34. The molecule has 1 heterocycles. The van der Waals surface area contributed by atoms with Crippen molar-refractivity contribution in [3.05, 3.63) is 89.7 Å². The number of rotatable bonds is 9. The lowest BCUT2D eigenvalue weighted by molar-refractivity contribution is 0.0943. The SMILES string of the molecule is CCOCCCNC(=O)c1cccc(NC(=O)c2ccc3c(c2)nc(C)n3-c2ccccc2)c1. The number of hydrogen-bond donors (Lipinski definition) is 2. The van der Waals surface area contributed by atoms with E-state index in [4.69, 9.17) is 4.74 Å². The summed E-state index contributed by atoms with van der Waals surface area (Å²) in [5.74, 6) is 0.401. The molecule has 7 heteroatoms. The first-order valence-electron chi connectivity index (χ1n) is 11.4. The second-order valence-corrected chi connectivity index (χ2v) is 7.87. The average molecular weight is 457 g/mol. The maximum atomic E-state index is 12.9. The Hall–Kier alpha value is -3.97. The van der Waals surface area contributed by atoms with Crippen molar-refractivity contribution in [1.29, 1.82) is 0 Å². The molecule has 0 aliphatic heterocycles. The molecule has 2 amide bonds. The van der Waals surface area contributed by atoms with Crippen molar-refractivity contribution >= 4 is 28.5 Å². The Morgan fingerprint density at radius 1 is 0.941 bits per heavy atom. The van der Waals surface area contributed by atoms with Gasteiger partial charge in [-0.05, 0) is 68.8 Å². The van der Waals surface area contributed by atoms with Gasteiger partial charge in [-0.25, -0.2) is 4.98 Å². The molecule has 34 heavy (non-hydrogen) atoms. The summed E-state index contributed by atoms with van der Waals surface area (Å²) in [7, 11) is 0. The van der Waals surface area contributed by atoms with Gasteiger partial charge >= 0.3 is 0 Å². The number of hydrogen-bond acceptors (Lipinski definition) is 4. The van der Waals surface area contributed by atoms with Crippen LogP contribution in [0.2, 0.25) is 0 Å². The van der Waals surface area contributed by atoms with Crippen molar-refractivity contribution in [2.75, 3.05) is 25.1 Å². The number of carbonyl (C=O) groups excluding carboxylic acids is 2. The molecule has 4 rings (SSSR count). The van der Waals surface area contributed by atoms with Gasteiger partial charge < -0.3 is 15.4 Å². The molecule has 0 fully saturated rings. The van der Waals surface area contributed by atoms with Gasteiger partial charge in [-0.1, -0.05) is 24.3 Å². The molecule has 0 aliphatic rings. The van der Waals surface area contributed by atoms with Crippen molar-refractivity contribution in [3.8, 4) is 5.69 Å². The van der Waals surface area contributed by atoms with Gasteiger partial charge in [-0.2, -0.15) is 0 Å². The van der Waals surface area contributed by atoms with Gasteiger partial charge in [0, 0.05) is 42.3 Å². The molecule has 3 aromatic carbocycles. The Morgan fingerprint density at radius 2 is 1.74 bits per heavy atom. The summed E-state index contributed by atoms with van der Waals surface area (Å²) in [6.07, 6.45) is 0.748. The minimum absolute atomic E-state index is 0.184. The maximum absolute atomic E-state index is 12.9. The van der Waals surface area contributed by atoms with E-state index in [0.29, 0.717) is 36.6 Å². The molecule has 1 aromatic heterocycles. The molecule has 174 valence electrons. The van der Waals surface area contributed by atoms with Crippen molar-refractivity contribution in [3.63, 3.8) is 0 Å². The van der Waals surface area contributed by atoms with Crippen LogP contribution in [0, 0.1) is 6.92 Å². The maximum Gasteiger partial charge on any atom is 0.255 e. The van der Waals surface area contributed by atoms with E-state index in [2.05, 4.69) is 20.2 Å². The van der Waals surface area contributed by atoms with E-state index in [9.17, 15) is 9.59 Å². The highest BCUT2D eigenvalue weighted by molar-refractivity contribution is 6.06. The highest BCUT2D eigenvalue weighted by Crippen LogP contribution is 2.23. The van der Waals surface area contributed by atoms with Crippen LogP contribution in [0.3, 0.4) is 0 Å². The number of nitrogens with zero attached hydrogens (tertiary/aromatic N) is 2. The first-order valence-corrected chi connectivity index (χ1v) is 11.4. The third-order valence-electron chi connectivity index (χ3n) is 5.44. The molecule has 0 spiro atoms. The van der Waals surface area contributed by atoms with Crippen LogP contribution in [0.15, 0.2) is 72.8 Å². The number of fused-ring (bicyclic) bond motifs is 1. The Labute approximate surface area is 198 Å². The molecular formula is C27H28N4O3. The Morgan fingerprint density at radius 3 is 2.53 bits per heavy atom. The largest absolute Gasteiger partial charge is 0.382 e. The molecule has 4 aromatic rings. The number of aromatic nitrogens is 2. The number of amides is 2. The van der Waals surface area contributed by atoms with Crippen LogP contribution in [-0.4, -0.2) is 41.1 Å². The van der Waals surface area contributed by atoms with E-state index in [-0.39, 0.29) is 11.8 Å². The predicted molar refractivity (Wildman–Crippen MR) is 134 cm³/mol. The summed E-state index contributed by atoms with van der Waals surface area (Å²) >= 11 is 0. The van der Waals surface area contributed by atoms with E-state index >= 15 is 0 Å². The number of ether oxygens (including phenoxy) is 1. The smallest absolute Gasteiger partial charge is 0.255 e. The van der Waals surface area contributed by atoms with E-state index in [1.54, 1.807) is 36.4 Å². The van der Waals surface area contributed by atoms with Gasteiger partial charge in [0.2, 0.25) is 0 Å². The van der Waals surface area contributed by atoms with Gasteiger partial charge in [0.1, 0.15) is 5.82 Å². The summed E-state index contributed by atoms with van der Waals surface area (Å²) in [5, 5.41) is 5.75. The van der Waals surface area contributed by atoms with E-state index in [1.807, 2.05) is 50.2 Å². The fraction of sp³-hybridized carbons (Fsp3) is 0.222. The van der Waals surface area contributed by atoms with E-state index in [1.165, 1.54) is 0 Å². The normalized spacial score (nSPS) is 10.9. The van der Waals surface area contributed by atoms with Crippen LogP contribution in [0.4, 0.5) is 5.69 Å². The van der Waals surface area contributed by atoms with Crippen LogP contribution >= 0.6 is 0 Å². The monoisotopic (exact) mass is 456 g/mol. The number of nitrogens with one attached hydrogen (secondary N) is 2. The van der Waals surface area contributed by atoms with Crippen LogP contribution in [-0.2, 0) is 4.74 Å². The standard InChI is InChI=1S/C27H28N4O3/c1-3-34-16-8-15-28-26(32)20-9-7-10-22(17-20)30-27(33)21-13-14-25-24(18-21)29-19(2)31(25)23-11-5-4-6-12-23/h4-7,9-14,17-18H,3,8,15-16H2,1-2H3,(H,28,32)(H,30,33). The summed E-state index contributed by atoms with van der Waals surface area (Å²) in [4.78, 5) is 30.0. The second kappa shape index (κ2) is 10.8. The van der Waals surface area contributed by atoms with Gasteiger partial charge in [0.15, 0.2) is 0 Å². The number of carbonyl (C=O) groups is 2. The molecule has 0 aliphatic carbocycles. The van der Waals surface area contributed by atoms with Gasteiger partial charge in [-0.3, -0.25) is 14.2 Å². The number of para-hydroxylation sites is 1. The zero-order chi connectivity index (χ0) is 23.9. The second-order valence-electron chi connectivity index (χ2n) is 7.87. The lowest BCUT2D eigenvalue weighted by Gasteiger charge is -2.09. The van der Waals surface area contributed by atoms with Crippen molar-refractivity contribution < 1.29 is 14.3 Å². The number of imidazole rings is 1. The molecule has 0 atom stereocenters. The first-order chi connectivity index (χ1) is 16.6. The predicted octanol–water partition coefficient (Wildman–Crippen LogP) is 4.74. The highest BCUT2D eigenvalue weighted by atomic mass is 16.5. The van der Waals surface area contributed by atoms with Crippen LogP contribution in [0.25, 0.3) is 16.7 Å². The molecule has 0 bridgehead atoms. The van der Waals surface area contributed by atoms with Crippen LogP contribution in [0.5, 0.6) is 0 Å². The lowest BCUT2D eigenvalue weighted by atomic mass is 10.1. The van der Waals surface area contributed by atoms with Crippen molar-refractivity contribution in [2.45, 2.75) is 20.3 Å². The Kier molecular flexibility index (Phi) is 7.34. The minimum atomic E-state index is -0.261. The Balaban J connectivity index is 1.46. The first kappa shape index (κ1) is 23.2. The van der Waals surface area contributed by atoms with Gasteiger partial charge in [0.05, 0.1) is 11.0 Å². The fourth-order valence-corrected chi connectivity index (χ4v) is 3.81. The molecule has 0 unspecified atom stereocenters. The van der Waals surface area contributed by atoms with E-state index < -0.39 is 0 Å². The molecular weight excluding hydrogens is 428 g/mol. The molecule has 0 saturated carbocycles. The summed E-state index contributed by atoms with van der Waals surface area (Å²) in [6, 6.07) is 22.4. The third-order valence-corrected chi connectivity index (χ3v) is 5.44. The van der Waals surface area contributed by atoms with Crippen LogP contribution < -0.4 is 10.6 Å². The number of benzene rings is 3. The van der Waals surface area contributed by atoms with Crippen LogP contribution in [0.1, 0.15) is 39.9 Å². The zero-order valence-electron chi connectivity index (χ0n) is 19.4. The third kappa shape index (κ3) is 5.32. The summed E-state index contributed by atoms with van der Waals surface area (Å²) in [6.45, 7) is 5.69. The molecule has 0 radical (unpaired) electrons. The molecule has 0 saturated heterocycles. The average Bonchev–Trinajstić information content (AvgIpc) is 3.19. The zero-order valence-corrected chi connectivity index (χ0v) is 19.4. The highest BCUT2D eigenvalue weighted by Gasteiger charge is 2.14. The van der Waals surface area contributed by atoms with E-state index in [0.717, 1.165) is 29.0 Å². The minimum Gasteiger partial charge on any atom is -0.382 e. The molecule has 2 N–H and O–H groups in total. The van der Waals surface area contributed by atoms with Crippen molar-refractivity contribution in [1.82, 2.24) is 14.9 Å². The fourth-order valence-electron chi connectivity index (χ4n) is 3.81. The Bertz CT molecular complexity index is 1300. The number of anilines is 1. The van der Waals surface area contributed by atoms with Crippen molar-refractivity contribution in [2.24, 2.45) is 0 Å². The number of aryl methyl sites for hydroxylation is 1. The molecule has 7 nitrogen and oxygen atoms in total. The lowest BCUT2D eigenvalue weighted by Crippen LogP contribution is -2.25. The van der Waals surface area contributed by atoms with Gasteiger partial charge in [-0.15, -0.1) is 0 Å². The topological polar surface area (TPSA) is 85.2 Å². The summed E-state index contributed by atoms with van der Waals surface area (Å²) in [5.41, 5.74) is 4.24.